The van der Waals surface area contributed by atoms with Crippen molar-refractivity contribution in [2.75, 3.05) is 5.32 Å². The highest BCUT2D eigenvalue weighted by Gasteiger charge is 2.34. The molecule has 2 aliphatic heterocycles. The Kier molecular flexibility index (Phi) is 4.34. The van der Waals surface area contributed by atoms with Crippen LogP contribution in [0.4, 0.5) is 5.69 Å². The van der Waals surface area contributed by atoms with E-state index in [0.29, 0.717) is 30.3 Å². The molecule has 5 heteroatoms. The van der Waals surface area contributed by atoms with Gasteiger partial charge < -0.3 is 15.1 Å². The van der Waals surface area contributed by atoms with E-state index < -0.39 is 0 Å². The van der Waals surface area contributed by atoms with Gasteiger partial charge in [0.15, 0.2) is 0 Å². The zero-order chi connectivity index (χ0) is 17.4. The van der Waals surface area contributed by atoms with Crippen LogP contribution in [0.1, 0.15) is 43.4 Å². The summed E-state index contributed by atoms with van der Waals surface area (Å²) in [6.07, 6.45) is 7.02. The number of nitrogens with zero attached hydrogens (tertiary/aromatic N) is 1. The fraction of sp³-hybridized carbons (Fsp3) is 0.500. The maximum atomic E-state index is 12.5. The number of amides is 1. The smallest absolute Gasteiger partial charge is 0.226 e. The summed E-state index contributed by atoms with van der Waals surface area (Å²) >= 11 is 0. The van der Waals surface area contributed by atoms with Gasteiger partial charge in [-0.3, -0.25) is 4.79 Å². The third-order valence-corrected chi connectivity index (χ3v) is 5.42. The van der Waals surface area contributed by atoms with Crippen molar-refractivity contribution in [2.24, 2.45) is 5.92 Å². The average Bonchev–Trinajstić information content (AvgIpc) is 3.15. The minimum atomic E-state index is 0.107. The molecule has 2 unspecified atom stereocenters. The molecular formula is C20H25N3O2. The second-order valence-electron chi connectivity index (χ2n) is 7.55. The summed E-state index contributed by atoms with van der Waals surface area (Å²) in [5.41, 5.74) is 3.62. The molecule has 2 aromatic rings. The van der Waals surface area contributed by atoms with E-state index in [-0.39, 0.29) is 5.91 Å². The summed E-state index contributed by atoms with van der Waals surface area (Å²) in [4.78, 5) is 16.9. The average molecular weight is 339 g/mol. The molecule has 2 aliphatic rings. The highest BCUT2D eigenvalue weighted by molar-refractivity contribution is 5.92. The van der Waals surface area contributed by atoms with Gasteiger partial charge in [-0.25, -0.2) is 4.98 Å². The molecule has 0 radical (unpaired) electrons. The van der Waals surface area contributed by atoms with E-state index in [1.54, 1.807) is 6.26 Å². The van der Waals surface area contributed by atoms with Crippen LogP contribution in [-0.2, 0) is 4.79 Å². The van der Waals surface area contributed by atoms with E-state index in [1.165, 1.54) is 12.8 Å². The number of aromatic nitrogens is 1. The molecule has 4 rings (SSSR count). The first-order valence-corrected chi connectivity index (χ1v) is 9.16. The Morgan fingerprint density at radius 2 is 2.04 bits per heavy atom. The van der Waals surface area contributed by atoms with Gasteiger partial charge in [0.2, 0.25) is 11.8 Å². The maximum absolute atomic E-state index is 12.5. The van der Waals surface area contributed by atoms with Crippen molar-refractivity contribution in [3.63, 3.8) is 0 Å². The van der Waals surface area contributed by atoms with Crippen LogP contribution in [0.2, 0.25) is 0 Å². The zero-order valence-corrected chi connectivity index (χ0v) is 14.8. The minimum absolute atomic E-state index is 0.107. The molecule has 25 heavy (non-hydrogen) atoms. The fourth-order valence-electron chi connectivity index (χ4n) is 4.18. The molecule has 2 bridgehead atoms. The standard InChI is InChI=1S/C20H25N3O2/c1-12-3-4-15(20-21-13(2)11-25-20)10-18(12)23-19(24)9-14-7-16-5-6-17(8-14)22-16/h3-4,10-11,14,16-17,22H,5-9H2,1-2H3,(H,23,24). The molecule has 1 aromatic heterocycles. The molecule has 3 heterocycles. The number of fused-ring (bicyclic) bond motifs is 2. The van der Waals surface area contributed by atoms with Crippen LogP contribution in [0.5, 0.6) is 0 Å². The van der Waals surface area contributed by atoms with Crippen molar-refractivity contribution < 1.29 is 9.21 Å². The first kappa shape index (κ1) is 16.3. The molecule has 0 saturated carbocycles. The van der Waals surface area contributed by atoms with Gasteiger partial charge in [0.05, 0.1) is 5.69 Å². The fourth-order valence-corrected chi connectivity index (χ4v) is 4.18. The van der Waals surface area contributed by atoms with Crippen LogP contribution in [0, 0.1) is 19.8 Å². The number of carbonyl (C=O) groups is 1. The van der Waals surface area contributed by atoms with Crippen molar-refractivity contribution in [1.29, 1.82) is 0 Å². The van der Waals surface area contributed by atoms with Crippen LogP contribution in [0.15, 0.2) is 28.9 Å². The largest absolute Gasteiger partial charge is 0.444 e. The van der Waals surface area contributed by atoms with E-state index >= 15 is 0 Å². The zero-order valence-electron chi connectivity index (χ0n) is 14.8. The van der Waals surface area contributed by atoms with Gasteiger partial charge >= 0.3 is 0 Å². The highest BCUT2D eigenvalue weighted by Crippen LogP contribution is 2.33. The summed E-state index contributed by atoms with van der Waals surface area (Å²) in [6, 6.07) is 7.16. The second-order valence-corrected chi connectivity index (χ2v) is 7.55. The SMILES string of the molecule is Cc1coc(-c2ccc(C)c(NC(=O)CC3CC4CCC(C3)N4)c2)n1. The number of rotatable bonds is 4. The molecule has 2 saturated heterocycles. The Labute approximate surface area is 148 Å². The topological polar surface area (TPSA) is 67.2 Å². The van der Waals surface area contributed by atoms with Gasteiger partial charge in [0.25, 0.3) is 0 Å². The first-order valence-electron chi connectivity index (χ1n) is 9.16. The lowest BCUT2D eigenvalue weighted by Gasteiger charge is -2.28. The molecule has 0 aliphatic carbocycles. The predicted molar refractivity (Wildman–Crippen MR) is 97.3 cm³/mol. The number of nitrogens with one attached hydrogen (secondary N) is 2. The van der Waals surface area contributed by atoms with Crippen molar-refractivity contribution in [1.82, 2.24) is 10.3 Å². The number of oxazole rings is 1. The van der Waals surface area contributed by atoms with Gasteiger partial charge in [0, 0.05) is 29.8 Å². The van der Waals surface area contributed by atoms with E-state index in [2.05, 4.69) is 15.6 Å². The van der Waals surface area contributed by atoms with Crippen LogP contribution in [0.3, 0.4) is 0 Å². The Morgan fingerprint density at radius 1 is 1.28 bits per heavy atom. The van der Waals surface area contributed by atoms with Crippen molar-refractivity contribution >= 4 is 11.6 Å². The number of hydrogen-bond acceptors (Lipinski definition) is 4. The van der Waals surface area contributed by atoms with Gasteiger partial charge in [-0.05, 0) is 63.1 Å². The van der Waals surface area contributed by atoms with Crippen LogP contribution < -0.4 is 10.6 Å². The molecule has 2 N–H and O–H groups in total. The van der Waals surface area contributed by atoms with Gasteiger partial charge in [-0.2, -0.15) is 0 Å². The Bertz CT molecular complexity index is 771. The van der Waals surface area contributed by atoms with E-state index in [0.717, 1.165) is 35.3 Å². The van der Waals surface area contributed by atoms with Gasteiger partial charge in [0.1, 0.15) is 6.26 Å². The Hall–Kier alpha value is -2.14. The van der Waals surface area contributed by atoms with Crippen LogP contribution >= 0.6 is 0 Å². The molecule has 2 atom stereocenters. The third-order valence-electron chi connectivity index (χ3n) is 5.42. The molecule has 1 amide bonds. The monoisotopic (exact) mass is 339 g/mol. The summed E-state index contributed by atoms with van der Waals surface area (Å²) in [7, 11) is 0. The number of hydrogen-bond donors (Lipinski definition) is 2. The first-order chi connectivity index (χ1) is 12.1. The lowest BCUT2D eigenvalue weighted by molar-refractivity contribution is -0.117. The summed E-state index contributed by atoms with van der Waals surface area (Å²) in [5, 5.41) is 6.73. The lowest BCUT2D eigenvalue weighted by Crippen LogP contribution is -2.39. The molecule has 2 fully saturated rings. The van der Waals surface area contributed by atoms with Gasteiger partial charge in [-0.15, -0.1) is 0 Å². The molecular weight excluding hydrogens is 314 g/mol. The molecule has 1 aromatic carbocycles. The van der Waals surface area contributed by atoms with E-state index in [4.69, 9.17) is 4.42 Å². The maximum Gasteiger partial charge on any atom is 0.226 e. The van der Waals surface area contributed by atoms with Crippen LogP contribution in [0.25, 0.3) is 11.5 Å². The molecule has 132 valence electrons. The number of piperidine rings is 1. The summed E-state index contributed by atoms with van der Waals surface area (Å²) in [5.74, 6) is 1.19. The number of carbonyl (C=O) groups excluding carboxylic acids is 1. The Balaban J connectivity index is 1.43. The normalized spacial score (nSPS) is 25.1. The summed E-state index contributed by atoms with van der Waals surface area (Å²) in [6.45, 7) is 3.90. The van der Waals surface area contributed by atoms with Crippen molar-refractivity contribution in [3.05, 3.63) is 35.7 Å². The number of anilines is 1. The molecule has 5 nitrogen and oxygen atoms in total. The van der Waals surface area contributed by atoms with E-state index in [1.807, 2.05) is 32.0 Å². The third kappa shape index (κ3) is 3.61. The van der Waals surface area contributed by atoms with Crippen molar-refractivity contribution in [3.8, 4) is 11.5 Å². The Morgan fingerprint density at radius 3 is 2.72 bits per heavy atom. The van der Waals surface area contributed by atoms with Crippen LogP contribution in [-0.4, -0.2) is 23.0 Å². The quantitative estimate of drug-likeness (QED) is 0.889. The lowest BCUT2D eigenvalue weighted by atomic mass is 9.89. The minimum Gasteiger partial charge on any atom is -0.444 e. The highest BCUT2D eigenvalue weighted by atomic mass is 16.3. The van der Waals surface area contributed by atoms with E-state index in [9.17, 15) is 4.79 Å². The second kappa shape index (κ2) is 6.64. The number of aryl methyl sites for hydroxylation is 2. The van der Waals surface area contributed by atoms with Crippen molar-refractivity contribution in [2.45, 2.75) is 58.0 Å². The van der Waals surface area contributed by atoms with Gasteiger partial charge in [-0.1, -0.05) is 6.07 Å². The molecule has 0 spiro atoms. The predicted octanol–water partition coefficient (Wildman–Crippen LogP) is 3.82. The number of benzene rings is 1. The summed E-state index contributed by atoms with van der Waals surface area (Å²) < 4.78 is 5.47.